The van der Waals surface area contributed by atoms with E-state index in [0.29, 0.717) is 12.3 Å². The van der Waals surface area contributed by atoms with E-state index in [-0.39, 0.29) is 18.2 Å². The molecule has 1 aromatic carbocycles. The van der Waals surface area contributed by atoms with Gasteiger partial charge in [0, 0.05) is 12.7 Å². The van der Waals surface area contributed by atoms with Crippen molar-refractivity contribution in [1.82, 2.24) is 0 Å². The van der Waals surface area contributed by atoms with Crippen LogP contribution in [-0.4, -0.2) is 18.3 Å². The molecule has 0 aliphatic rings. The Morgan fingerprint density at radius 2 is 2.27 bits per heavy atom. The summed E-state index contributed by atoms with van der Waals surface area (Å²) in [5, 5.41) is 10.5. The fourth-order valence-corrected chi connectivity index (χ4v) is 0.950. The summed E-state index contributed by atoms with van der Waals surface area (Å²) in [7, 11) is 0. The maximum absolute atomic E-state index is 10.5. The molecule has 0 fully saturated rings. The minimum atomic E-state index is -0.507. The fraction of sp³-hybridized carbons (Fsp3) is 0.333. The van der Waals surface area contributed by atoms with Crippen molar-refractivity contribution < 1.29 is 14.4 Å². The van der Waals surface area contributed by atoms with Crippen molar-refractivity contribution >= 4 is 11.4 Å². The number of hydrogen-bond acceptors (Lipinski definition) is 5. The van der Waals surface area contributed by atoms with Crippen LogP contribution in [0.5, 0.6) is 5.75 Å². The lowest BCUT2D eigenvalue weighted by Crippen LogP contribution is -2.04. The third-order valence-corrected chi connectivity index (χ3v) is 1.71. The molecule has 0 aliphatic heterocycles. The number of non-ortho nitro benzene ring substituents is 1. The monoisotopic (exact) mass is 212 g/mol. The summed E-state index contributed by atoms with van der Waals surface area (Å²) in [6, 6.07) is 4.02. The zero-order valence-electron chi connectivity index (χ0n) is 8.30. The second kappa shape index (κ2) is 5.16. The first kappa shape index (κ1) is 11.3. The minimum Gasteiger partial charge on any atom is -0.465 e. The summed E-state index contributed by atoms with van der Waals surface area (Å²) < 4.78 is 10.1. The second-order valence-electron chi connectivity index (χ2n) is 2.73. The maximum atomic E-state index is 10.5. The Kier molecular flexibility index (Phi) is 3.87. The van der Waals surface area contributed by atoms with Gasteiger partial charge < -0.3 is 15.2 Å². The van der Waals surface area contributed by atoms with Gasteiger partial charge in [-0.15, -0.1) is 0 Å². The molecule has 15 heavy (non-hydrogen) atoms. The Bertz CT molecular complexity index is 354. The number of hydrogen-bond donors (Lipinski definition) is 1. The summed E-state index contributed by atoms with van der Waals surface area (Å²) >= 11 is 0. The van der Waals surface area contributed by atoms with Crippen LogP contribution in [0.25, 0.3) is 0 Å². The number of rotatable bonds is 5. The molecule has 2 N–H and O–H groups in total. The van der Waals surface area contributed by atoms with Crippen LogP contribution in [0.15, 0.2) is 18.2 Å². The predicted octanol–water partition coefficient (Wildman–Crippen LogP) is 1.55. The largest absolute Gasteiger partial charge is 0.465 e. The molecule has 0 atom stereocenters. The van der Waals surface area contributed by atoms with E-state index in [0.717, 1.165) is 0 Å². The Balaban J connectivity index is 2.76. The maximum Gasteiger partial charge on any atom is 0.273 e. The average Bonchev–Trinajstić information content (AvgIpc) is 2.20. The van der Waals surface area contributed by atoms with Crippen LogP contribution in [0.1, 0.15) is 6.92 Å². The first-order valence-electron chi connectivity index (χ1n) is 4.39. The number of benzene rings is 1. The Morgan fingerprint density at radius 1 is 1.53 bits per heavy atom. The van der Waals surface area contributed by atoms with E-state index in [4.69, 9.17) is 15.2 Å². The Morgan fingerprint density at radius 3 is 2.87 bits per heavy atom. The highest BCUT2D eigenvalue weighted by Gasteiger charge is 2.09. The molecular weight excluding hydrogens is 200 g/mol. The third-order valence-electron chi connectivity index (χ3n) is 1.71. The van der Waals surface area contributed by atoms with E-state index in [1.165, 1.54) is 18.2 Å². The second-order valence-corrected chi connectivity index (χ2v) is 2.73. The summed E-state index contributed by atoms with van der Waals surface area (Å²) in [6.45, 7) is 2.36. The first-order chi connectivity index (χ1) is 7.15. The molecule has 1 rings (SSSR count). The minimum absolute atomic E-state index is 0.0296. The fourth-order valence-electron chi connectivity index (χ4n) is 0.950. The first-order valence-corrected chi connectivity index (χ1v) is 4.39. The molecule has 6 heteroatoms. The molecule has 0 spiro atoms. The van der Waals surface area contributed by atoms with Crippen LogP contribution in [-0.2, 0) is 4.74 Å². The lowest BCUT2D eigenvalue weighted by atomic mass is 10.2. The SMILES string of the molecule is CCOCOc1cc([N+](=O)[O-])ccc1N. The number of nitro groups is 1. The standard InChI is InChI=1S/C9H12N2O4/c1-2-14-6-15-9-5-7(11(12)13)3-4-8(9)10/h3-5H,2,6,10H2,1H3. The smallest absolute Gasteiger partial charge is 0.273 e. The van der Waals surface area contributed by atoms with Gasteiger partial charge in [0.15, 0.2) is 12.5 Å². The van der Waals surface area contributed by atoms with Crippen molar-refractivity contribution in [3.8, 4) is 5.75 Å². The Labute approximate surface area is 86.7 Å². The van der Waals surface area contributed by atoms with Gasteiger partial charge in [0.25, 0.3) is 5.69 Å². The quantitative estimate of drug-likeness (QED) is 0.263. The molecule has 6 nitrogen and oxygen atoms in total. The van der Waals surface area contributed by atoms with E-state index >= 15 is 0 Å². The van der Waals surface area contributed by atoms with E-state index in [1.54, 1.807) is 0 Å². The van der Waals surface area contributed by atoms with Crippen LogP contribution in [0.2, 0.25) is 0 Å². The molecule has 0 unspecified atom stereocenters. The molecule has 0 aromatic heterocycles. The van der Waals surface area contributed by atoms with Crippen LogP contribution >= 0.6 is 0 Å². The third kappa shape index (κ3) is 3.10. The molecule has 0 amide bonds. The summed E-state index contributed by atoms with van der Waals surface area (Å²) in [6.07, 6.45) is 0. The number of nitrogens with two attached hydrogens (primary N) is 1. The van der Waals surface area contributed by atoms with Crippen LogP contribution in [0.3, 0.4) is 0 Å². The molecule has 0 saturated carbocycles. The Hall–Kier alpha value is -1.82. The highest BCUT2D eigenvalue weighted by atomic mass is 16.7. The number of anilines is 1. The topological polar surface area (TPSA) is 87.6 Å². The van der Waals surface area contributed by atoms with E-state index in [2.05, 4.69) is 0 Å². The molecular formula is C9H12N2O4. The van der Waals surface area contributed by atoms with Gasteiger partial charge in [0.1, 0.15) is 0 Å². The van der Waals surface area contributed by atoms with Crippen molar-refractivity contribution in [2.24, 2.45) is 0 Å². The highest BCUT2D eigenvalue weighted by molar-refractivity contribution is 5.57. The van der Waals surface area contributed by atoms with Crippen molar-refractivity contribution in [1.29, 1.82) is 0 Å². The van der Waals surface area contributed by atoms with Gasteiger partial charge in [-0.25, -0.2) is 0 Å². The zero-order chi connectivity index (χ0) is 11.3. The van der Waals surface area contributed by atoms with Gasteiger partial charge in [-0.1, -0.05) is 0 Å². The number of nitrogens with zero attached hydrogens (tertiary/aromatic N) is 1. The molecule has 0 radical (unpaired) electrons. The van der Waals surface area contributed by atoms with E-state index in [9.17, 15) is 10.1 Å². The molecule has 0 aliphatic carbocycles. The van der Waals surface area contributed by atoms with E-state index < -0.39 is 4.92 Å². The van der Waals surface area contributed by atoms with Crippen molar-refractivity contribution in [2.45, 2.75) is 6.92 Å². The average molecular weight is 212 g/mol. The van der Waals surface area contributed by atoms with Gasteiger partial charge in [-0.05, 0) is 13.0 Å². The lowest BCUT2D eigenvalue weighted by Gasteiger charge is -2.07. The van der Waals surface area contributed by atoms with Crippen molar-refractivity contribution in [3.63, 3.8) is 0 Å². The molecule has 0 bridgehead atoms. The lowest BCUT2D eigenvalue weighted by molar-refractivity contribution is -0.384. The van der Waals surface area contributed by atoms with Crippen LogP contribution in [0, 0.1) is 10.1 Å². The number of nitrogen functional groups attached to an aromatic ring is 1. The van der Waals surface area contributed by atoms with Crippen LogP contribution < -0.4 is 10.5 Å². The molecule has 0 saturated heterocycles. The highest BCUT2D eigenvalue weighted by Crippen LogP contribution is 2.26. The summed E-state index contributed by atoms with van der Waals surface area (Å²) in [5.41, 5.74) is 5.86. The summed E-state index contributed by atoms with van der Waals surface area (Å²) in [4.78, 5) is 9.97. The number of nitro benzene ring substituents is 1. The normalized spacial score (nSPS) is 9.93. The van der Waals surface area contributed by atoms with Crippen molar-refractivity contribution in [2.75, 3.05) is 19.1 Å². The van der Waals surface area contributed by atoms with E-state index in [1.807, 2.05) is 6.92 Å². The molecule has 82 valence electrons. The van der Waals surface area contributed by atoms with Gasteiger partial charge >= 0.3 is 0 Å². The predicted molar refractivity (Wildman–Crippen MR) is 54.6 cm³/mol. The summed E-state index contributed by atoms with van der Waals surface area (Å²) in [5.74, 6) is 0.262. The molecule has 1 aromatic rings. The van der Waals surface area contributed by atoms with Gasteiger partial charge in [0.05, 0.1) is 16.7 Å². The molecule has 0 heterocycles. The van der Waals surface area contributed by atoms with Crippen molar-refractivity contribution in [3.05, 3.63) is 28.3 Å². The van der Waals surface area contributed by atoms with Gasteiger partial charge in [0.2, 0.25) is 0 Å². The number of ether oxygens (including phenoxy) is 2. The van der Waals surface area contributed by atoms with Gasteiger partial charge in [-0.3, -0.25) is 10.1 Å². The van der Waals surface area contributed by atoms with Gasteiger partial charge in [-0.2, -0.15) is 0 Å². The van der Waals surface area contributed by atoms with Crippen LogP contribution in [0.4, 0.5) is 11.4 Å². The zero-order valence-corrected chi connectivity index (χ0v) is 8.30.